The third-order valence-corrected chi connectivity index (χ3v) is 5.55. The van der Waals surface area contributed by atoms with Crippen LogP contribution in [0.3, 0.4) is 0 Å². The summed E-state index contributed by atoms with van der Waals surface area (Å²) >= 11 is 0. The third-order valence-electron chi connectivity index (χ3n) is 5.55. The van der Waals surface area contributed by atoms with E-state index in [9.17, 15) is 4.79 Å². The summed E-state index contributed by atoms with van der Waals surface area (Å²) in [7, 11) is 1.49. The minimum atomic E-state index is -0.122. The molecule has 2 nitrogen and oxygen atoms in total. The molecule has 0 aromatic heterocycles. The van der Waals surface area contributed by atoms with Crippen molar-refractivity contribution in [3.8, 4) is 0 Å². The highest BCUT2D eigenvalue weighted by atomic mass is 16.5. The topological polar surface area (TPSA) is 26.3 Å². The van der Waals surface area contributed by atoms with Crippen LogP contribution in [0.25, 0.3) is 0 Å². The molecular formula is C26H42O2. The molecule has 1 rings (SSSR count). The first-order valence-electron chi connectivity index (χ1n) is 11.5. The van der Waals surface area contributed by atoms with Crippen LogP contribution in [0.2, 0.25) is 0 Å². The van der Waals surface area contributed by atoms with Crippen molar-refractivity contribution in [2.24, 2.45) is 0 Å². The Morgan fingerprint density at radius 2 is 1.46 bits per heavy atom. The molecule has 1 aromatic carbocycles. The van der Waals surface area contributed by atoms with Crippen LogP contribution in [0.15, 0.2) is 36.4 Å². The molecular weight excluding hydrogens is 344 g/mol. The van der Waals surface area contributed by atoms with E-state index in [0.29, 0.717) is 0 Å². The third kappa shape index (κ3) is 10.7. The quantitative estimate of drug-likeness (QED) is 0.164. The Hall–Kier alpha value is -1.57. The van der Waals surface area contributed by atoms with Crippen LogP contribution in [-0.2, 0) is 9.53 Å². The van der Waals surface area contributed by atoms with Gasteiger partial charge >= 0.3 is 5.97 Å². The standard InChI is InChI=1S/C26H42O2/c1-4-5-6-7-8-9-10-11-12-13-14-15-16-17-22-25(26(27)28-3)24-21-19-18-20-23(24)2/h11-12,18-21,25H,4-10,13-17,22H2,1-3H3/b12-11-. The van der Waals surface area contributed by atoms with Gasteiger partial charge in [-0.15, -0.1) is 0 Å². The molecule has 0 bridgehead atoms. The van der Waals surface area contributed by atoms with E-state index in [1.807, 2.05) is 12.1 Å². The van der Waals surface area contributed by atoms with Gasteiger partial charge in [-0.05, 0) is 50.2 Å². The number of unbranched alkanes of at least 4 members (excludes halogenated alkanes) is 10. The number of ether oxygens (including phenoxy) is 1. The Labute approximate surface area is 173 Å². The highest BCUT2D eigenvalue weighted by Crippen LogP contribution is 2.27. The summed E-state index contributed by atoms with van der Waals surface area (Å²) in [4.78, 5) is 12.2. The summed E-state index contributed by atoms with van der Waals surface area (Å²) in [5, 5.41) is 0. The fourth-order valence-electron chi connectivity index (χ4n) is 3.76. The number of carbonyl (C=O) groups is 1. The molecule has 1 aromatic rings. The molecule has 0 aliphatic carbocycles. The molecule has 0 fully saturated rings. The van der Waals surface area contributed by atoms with Gasteiger partial charge in [0.25, 0.3) is 0 Å². The molecule has 0 aliphatic rings. The Balaban J connectivity index is 2.12. The van der Waals surface area contributed by atoms with Crippen molar-refractivity contribution in [3.05, 3.63) is 47.5 Å². The fourth-order valence-corrected chi connectivity index (χ4v) is 3.76. The maximum atomic E-state index is 12.2. The van der Waals surface area contributed by atoms with Gasteiger partial charge in [0.05, 0.1) is 13.0 Å². The van der Waals surface area contributed by atoms with Gasteiger partial charge in [-0.1, -0.05) is 94.7 Å². The van der Waals surface area contributed by atoms with Crippen LogP contribution >= 0.6 is 0 Å². The maximum Gasteiger partial charge on any atom is 0.313 e. The average Bonchev–Trinajstić information content (AvgIpc) is 2.71. The molecule has 0 saturated carbocycles. The number of carbonyl (C=O) groups excluding carboxylic acids is 1. The van der Waals surface area contributed by atoms with Gasteiger partial charge in [-0.2, -0.15) is 0 Å². The fraction of sp³-hybridized carbons (Fsp3) is 0.654. The summed E-state index contributed by atoms with van der Waals surface area (Å²) in [6, 6.07) is 8.16. The number of allylic oxidation sites excluding steroid dienone is 2. The van der Waals surface area contributed by atoms with E-state index < -0.39 is 0 Å². The molecule has 0 saturated heterocycles. The van der Waals surface area contributed by atoms with Gasteiger partial charge < -0.3 is 4.74 Å². The minimum Gasteiger partial charge on any atom is -0.469 e. The van der Waals surface area contributed by atoms with Crippen molar-refractivity contribution in [1.29, 1.82) is 0 Å². The number of hydrogen-bond acceptors (Lipinski definition) is 2. The smallest absolute Gasteiger partial charge is 0.313 e. The lowest BCUT2D eigenvalue weighted by atomic mass is 9.90. The molecule has 0 spiro atoms. The highest BCUT2D eigenvalue weighted by Gasteiger charge is 2.22. The van der Waals surface area contributed by atoms with E-state index in [0.717, 1.165) is 18.4 Å². The first kappa shape index (κ1) is 24.5. The molecule has 0 radical (unpaired) electrons. The second-order valence-corrected chi connectivity index (χ2v) is 7.95. The molecule has 0 amide bonds. The molecule has 1 unspecified atom stereocenters. The Bertz CT molecular complexity index is 547. The van der Waals surface area contributed by atoms with Crippen molar-refractivity contribution in [2.75, 3.05) is 7.11 Å². The highest BCUT2D eigenvalue weighted by molar-refractivity contribution is 5.78. The molecule has 0 aliphatic heterocycles. The predicted molar refractivity (Wildman–Crippen MR) is 121 cm³/mol. The minimum absolute atomic E-state index is 0.105. The SMILES string of the molecule is CCCCCCCC/C=C\CCCCCCC(C(=O)OC)c1ccccc1C. The van der Waals surface area contributed by atoms with Crippen LogP contribution in [0, 0.1) is 6.92 Å². The molecule has 0 N–H and O–H groups in total. The van der Waals surface area contributed by atoms with Crippen LogP contribution in [-0.4, -0.2) is 13.1 Å². The second kappa shape index (κ2) is 16.4. The molecule has 0 heterocycles. The number of hydrogen-bond donors (Lipinski definition) is 0. The predicted octanol–water partition coefficient (Wildman–Crippen LogP) is 7.90. The lowest BCUT2D eigenvalue weighted by molar-refractivity contribution is -0.142. The zero-order chi connectivity index (χ0) is 20.5. The summed E-state index contributed by atoms with van der Waals surface area (Å²) in [6.45, 7) is 4.34. The lowest BCUT2D eigenvalue weighted by Crippen LogP contribution is -2.15. The van der Waals surface area contributed by atoms with Gasteiger partial charge in [0.15, 0.2) is 0 Å². The van der Waals surface area contributed by atoms with Crippen LogP contribution in [0.1, 0.15) is 107 Å². The summed E-state index contributed by atoms with van der Waals surface area (Å²) in [5.41, 5.74) is 2.29. The largest absolute Gasteiger partial charge is 0.469 e. The molecule has 158 valence electrons. The number of methoxy groups -OCH3 is 1. The normalized spacial score (nSPS) is 12.4. The van der Waals surface area contributed by atoms with Crippen molar-refractivity contribution in [3.63, 3.8) is 0 Å². The zero-order valence-electron chi connectivity index (χ0n) is 18.6. The Morgan fingerprint density at radius 1 is 0.893 bits per heavy atom. The first-order valence-corrected chi connectivity index (χ1v) is 11.5. The maximum absolute atomic E-state index is 12.2. The van der Waals surface area contributed by atoms with Gasteiger partial charge in [0, 0.05) is 0 Å². The van der Waals surface area contributed by atoms with E-state index in [1.165, 1.54) is 83.3 Å². The van der Waals surface area contributed by atoms with Gasteiger partial charge in [0.1, 0.15) is 0 Å². The summed E-state index contributed by atoms with van der Waals surface area (Å²) in [5.74, 6) is -0.227. The van der Waals surface area contributed by atoms with Crippen LogP contribution in [0.5, 0.6) is 0 Å². The Kier molecular flexibility index (Phi) is 14.3. The number of esters is 1. The Morgan fingerprint density at radius 3 is 2.07 bits per heavy atom. The van der Waals surface area contributed by atoms with Crippen molar-refractivity contribution < 1.29 is 9.53 Å². The van der Waals surface area contributed by atoms with Gasteiger partial charge in [-0.3, -0.25) is 4.79 Å². The summed E-state index contributed by atoms with van der Waals surface area (Å²) < 4.78 is 5.04. The zero-order valence-corrected chi connectivity index (χ0v) is 18.6. The van der Waals surface area contributed by atoms with Crippen molar-refractivity contribution >= 4 is 5.97 Å². The van der Waals surface area contributed by atoms with E-state index in [1.54, 1.807) is 0 Å². The van der Waals surface area contributed by atoms with Gasteiger partial charge in [0.2, 0.25) is 0 Å². The van der Waals surface area contributed by atoms with Crippen LogP contribution < -0.4 is 0 Å². The van der Waals surface area contributed by atoms with Crippen molar-refractivity contribution in [2.45, 2.75) is 103 Å². The van der Waals surface area contributed by atoms with Gasteiger partial charge in [-0.25, -0.2) is 0 Å². The average molecular weight is 387 g/mol. The van der Waals surface area contributed by atoms with E-state index >= 15 is 0 Å². The summed E-state index contributed by atoms with van der Waals surface area (Å²) in [6.07, 6.45) is 21.0. The lowest BCUT2D eigenvalue weighted by Gasteiger charge is -2.17. The number of benzene rings is 1. The second-order valence-electron chi connectivity index (χ2n) is 7.95. The van der Waals surface area contributed by atoms with E-state index in [-0.39, 0.29) is 11.9 Å². The number of aryl methyl sites for hydroxylation is 1. The van der Waals surface area contributed by atoms with E-state index in [4.69, 9.17) is 4.74 Å². The monoisotopic (exact) mass is 386 g/mol. The molecule has 1 atom stereocenters. The van der Waals surface area contributed by atoms with E-state index in [2.05, 4.69) is 38.1 Å². The molecule has 2 heteroatoms. The first-order chi connectivity index (χ1) is 13.7. The number of rotatable bonds is 16. The van der Waals surface area contributed by atoms with Crippen LogP contribution in [0.4, 0.5) is 0 Å². The van der Waals surface area contributed by atoms with Crippen molar-refractivity contribution in [1.82, 2.24) is 0 Å². The molecule has 28 heavy (non-hydrogen) atoms.